The fourth-order valence-corrected chi connectivity index (χ4v) is 4.00. The van der Waals surface area contributed by atoms with E-state index in [4.69, 9.17) is 0 Å². The normalized spacial score (nSPS) is 21.8. The van der Waals surface area contributed by atoms with Crippen LogP contribution < -0.4 is 4.90 Å². The number of aromatic nitrogens is 4. The zero-order valence-electron chi connectivity index (χ0n) is 13.3. The molecule has 0 bridgehead atoms. The lowest BCUT2D eigenvalue weighted by molar-refractivity contribution is 0.464. The molecule has 122 valence electrons. The maximum atomic E-state index is 4.56. The van der Waals surface area contributed by atoms with E-state index in [1.165, 1.54) is 43.8 Å². The fourth-order valence-electron chi connectivity index (χ4n) is 3.76. The van der Waals surface area contributed by atoms with Gasteiger partial charge in [0.1, 0.15) is 17.5 Å². The molecular weight excluding hydrogens is 354 g/mol. The molecule has 23 heavy (non-hydrogen) atoms. The van der Waals surface area contributed by atoms with Gasteiger partial charge in [-0.2, -0.15) is 0 Å². The minimum Gasteiger partial charge on any atom is -0.356 e. The van der Waals surface area contributed by atoms with Crippen LogP contribution >= 0.6 is 15.9 Å². The van der Waals surface area contributed by atoms with Crippen LogP contribution in [0.4, 0.5) is 5.82 Å². The summed E-state index contributed by atoms with van der Waals surface area (Å²) in [5.74, 6) is 3.92. The number of nitrogens with zero attached hydrogens (tertiary/aromatic N) is 5. The number of aryl methyl sites for hydroxylation is 1. The molecule has 6 heteroatoms. The monoisotopic (exact) mass is 375 g/mol. The maximum Gasteiger partial charge on any atom is 0.137 e. The summed E-state index contributed by atoms with van der Waals surface area (Å²) >= 11 is 3.46. The van der Waals surface area contributed by atoms with Crippen LogP contribution in [0.2, 0.25) is 0 Å². The Labute approximate surface area is 145 Å². The van der Waals surface area contributed by atoms with Gasteiger partial charge in [-0.1, -0.05) is 6.42 Å². The second-order valence-electron chi connectivity index (χ2n) is 6.56. The van der Waals surface area contributed by atoms with E-state index in [-0.39, 0.29) is 0 Å². The smallest absolute Gasteiger partial charge is 0.137 e. The highest BCUT2D eigenvalue weighted by atomic mass is 79.9. The highest BCUT2D eigenvalue weighted by Crippen LogP contribution is 2.30. The number of rotatable bonds is 2. The lowest BCUT2D eigenvalue weighted by Crippen LogP contribution is -2.36. The van der Waals surface area contributed by atoms with Crippen molar-refractivity contribution >= 4 is 21.7 Å². The van der Waals surface area contributed by atoms with Crippen molar-refractivity contribution in [3.63, 3.8) is 0 Å². The van der Waals surface area contributed by atoms with Gasteiger partial charge in [-0.25, -0.2) is 4.98 Å². The van der Waals surface area contributed by atoms with Gasteiger partial charge in [0.05, 0.1) is 0 Å². The summed E-state index contributed by atoms with van der Waals surface area (Å²) in [6.07, 6.45) is 9.15. The predicted octanol–water partition coefficient (Wildman–Crippen LogP) is 3.55. The number of fused-ring (bicyclic) bond motifs is 1. The molecule has 2 aromatic heterocycles. The number of halogens is 1. The average Bonchev–Trinajstić information content (AvgIpc) is 2.84. The van der Waals surface area contributed by atoms with E-state index in [0.29, 0.717) is 5.92 Å². The Morgan fingerprint density at radius 3 is 2.87 bits per heavy atom. The minimum absolute atomic E-state index is 0.466. The summed E-state index contributed by atoms with van der Waals surface area (Å²) in [5.41, 5.74) is 0. The van der Waals surface area contributed by atoms with E-state index in [2.05, 4.69) is 52.7 Å². The van der Waals surface area contributed by atoms with Crippen LogP contribution in [-0.2, 0) is 13.0 Å². The Hall–Kier alpha value is -1.43. The van der Waals surface area contributed by atoms with Gasteiger partial charge in [-0.05, 0) is 53.7 Å². The number of hydrogen-bond donors (Lipinski definition) is 0. The summed E-state index contributed by atoms with van der Waals surface area (Å²) in [4.78, 5) is 6.94. The van der Waals surface area contributed by atoms with Crippen LogP contribution in [0.3, 0.4) is 0 Å². The van der Waals surface area contributed by atoms with Crippen LogP contribution in [0.1, 0.15) is 49.7 Å². The largest absolute Gasteiger partial charge is 0.356 e. The second-order valence-corrected chi connectivity index (χ2v) is 7.47. The van der Waals surface area contributed by atoms with Gasteiger partial charge in [-0.3, -0.25) is 0 Å². The average molecular weight is 376 g/mol. The molecule has 2 aliphatic heterocycles. The first kappa shape index (κ1) is 15.1. The van der Waals surface area contributed by atoms with Crippen LogP contribution in [0.15, 0.2) is 22.8 Å². The molecule has 2 aromatic rings. The van der Waals surface area contributed by atoms with Gasteiger partial charge < -0.3 is 9.47 Å². The number of hydrogen-bond acceptors (Lipinski definition) is 4. The standard InChI is InChI=1S/C17H22BrN5/c18-14-7-8-15(19-11-14)22-9-4-5-13(12-22)17-21-20-16-6-2-1-3-10-23(16)17/h7-8,11,13H,1-6,9-10,12H2. The predicted molar refractivity (Wildman–Crippen MR) is 93.7 cm³/mol. The zero-order valence-corrected chi connectivity index (χ0v) is 14.9. The summed E-state index contributed by atoms with van der Waals surface area (Å²) < 4.78 is 3.42. The topological polar surface area (TPSA) is 46.8 Å². The number of pyridine rings is 1. The van der Waals surface area contributed by atoms with Gasteiger partial charge in [-0.15, -0.1) is 10.2 Å². The van der Waals surface area contributed by atoms with E-state index in [9.17, 15) is 0 Å². The molecule has 0 aromatic carbocycles. The molecule has 0 saturated carbocycles. The Morgan fingerprint density at radius 1 is 1.04 bits per heavy atom. The molecule has 1 atom stereocenters. The Morgan fingerprint density at radius 2 is 2.00 bits per heavy atom. The molecule has 5 nitrogen and oxygen atoms in total. The summed E-state index contributed by atoms with van der Waals surface area (Å²) in [5, 5.41) is 9.04. The van der Waals surface area contributed by atoms with E-state index >= 15 is 0 Å². The third-order valence-corrected chi connectivity index (χ3v) is 5.43. The first-order valence-electron chi connectivity index (χ1n) is 8.60. The SMILES string of the molecule is Brc1ccc(N2CCCC(c3nnc4n3CCCCC4)C2)nc1. The van der Waals surface area contributed by atoms with Crippen LogP contribution in [-0.4, -0.2) is 32.8 Å². The van der Waals surface area contributed by atoms with Crippen LogP contribution in [0.5, 0.6) is 0 Å². The Bertz CT molecular complexity index is 666. The number of piperidine rings is 1. The molecule has 0 amide bonds. The molecule has 1 saturated heterocycles. The minimum atomic E-state index is 0.466. The van der Waals surface area contributed by atoms with Gasteiger partial charge >= 0.3 is 0 Å². The summed E-state index contributed by atoms with van der Waals surface area (Å²) in [6, 6.07) is 4.16. The molecule has 4 rings (SSSR count). The molecule has 1 unspecified atom stereocenters. The van der Waals surface area contributed by atoms with Crippen LogP contribution in [0.25, 0.3) is 0 Å². The third-order valence-electron chi connectivity index (χ3n) is 4.96. The van der Waals surface area contributed by atoms with Gasteiger partial charge in [0.25, 0.3) is 0 Å². The Balaban J connectivity index is 1.55. The van der Waals surface area contributed by atoms with Crippen molar-refractivity contribution < 1.29 is 0 Å². The van der Waals surface area contributed by atoms with Crippen molar-refractivity contribution in [2.75, 3.05) is 18.0 Å². The van der Waals surface area contributed by atoms with Crippen molar-refractivity contribution in [1.29, 1.82) is 0 Å². The van der Waals surface area contributed by atoms with Crippen molar-refractivity contribution in [1.82, 2.24) is 19.7 Å². The molecule has 0 spiro atoms. The van der Waals surface area contributed by atoms with E-state index in [0.717, 1.165) is 36.3 Å². The fraction of sp³-hybridized carbons (Fsp3) is 0.588. The second kappa shape index (κ2) is 6.59. The molecule has 0 aliphatic carbocycles. The van der Waals surface area contributed by atoms with Gasteiger partial charge in [0, 0.05) is 42.6 Å². The van der Waals surface area contributed by atoms with E-state index in [1.807, 2.05) is 6.20 Å². The lowest BCUT2D eigenvalue weighted by atomic mass is 9.97. The zero-order chi connectivity index (χ0) is 15.6. The van der Waals surface area contributed by atoms with E-state index < -0.39 is 0 Å². The summed E-state index contributed by atoms with van der Waals surface area (Å²) in [7, 11) is 0. The maximum absolute atomic E-state index is 4.56. The number of anilines is 1. The molecule has 0 N–H and O–H groups in total. The highest BCUT2D eigenvalue weighted by Gasteiger charge is 2.27. The van der Waals surface area contributed by atoms with Crippen molar-refractivity contribution in [3.8, 4) is 0 Å². The third kappa shape index (κ3) is 3.13. The quantitative estimate of drug-likeness (QED) is 0.804. The first-order chi connectivity index (χ1) is 11.3. The molecular formula is C17H22BrN5. The van der Waals surface area contributed by atoms with Gasteiger partial charge in [0.15, 0.2) is 0 Å². The lowest BCUT2D eigenvalue weighted by Gasteiger charge is -2.33. The van der Waals surface area contributed by atoms with Crippen molar-refractivity contribution in [3.05, 3.63) is 34.5 Å². The molecule has 2 aliphatic rings. The molecule has 4 heterocycles. The van der Waals surface area contributed by atoms with Crippen LogP contribution in [0, 0.1) is 0 Å². The van der Waals surface area contributed by atoms with Gasteiger partial charge in [0.2, 0.25) is 0 Å². The van der Waals surface area contributed by atoms with E-state index in [1.54, 1.807) is 0 Å². The van der Waals surface area contributed by atoms with Crippen molar-refractivity contribution in [2.24, 2.45) is 0 Å². The molecule has 0 radical (unpaired) electrons. The van der Waals surface area contributed by atoms with Crippen molar-refractivity contribution in [2.45, 2.75) is 51.0 Å². The Kier molecular flexibility index (Phi) is 4.33. The first-order valence-corrected chi connectivity index (χ1v) is 9.39. The highest BCUT2D eigenvalue weighted by molar-refractivity contribution is 9.10. The summed E-state index contributed by atoms with van der Waals surface area (Å²) in [6.45, 7) is 3.16. The molecule has 1 fully saturated rings.